The van der Waals surface area contributed by atoms with Crippen molar-refractivity contribution in [2.24, 2.45) is 0 Å². The van der Waals surface area contributed by atoms with Gasteiger partial charge in [-0.15, -0.1) is 0 Å². The molecule has 2 amide bonds. The lowest BCUT2D eigenvalue weighted by Gasteiger charge is -2.34. The van der Waals surface area contributed by atoms with Gasteiger partial charge in [0.25, 0.3) is 10.0 Å². The zero-order valence-corrected chi connectivity index (χ0v) is 28.0. The Hall–Kier alpha value is -4.63. The van der Waals surface area contributed by atoms with Crippen LogP contribution in [0.2, 0.25) is 0 Å². The molecule has 0 saturated carbocycles. The molecule has 4 aromatic rings. The summed E-state index contributed by atoms with van der Waals surface area (Å²) in [7, 11) is -4.20. The van der Waals surface area contributed by atoms with Crippen LogP contribution in [0.15, 0.2) is 108 Å². The number of sulfonamides is 1. The highest BCUT2D eigenvalue weighted by Crippen LogP contribution is 2.27. The number of hydrogen-bond donors (Lipinski definition) is 1. The van der Waals surface area contributed by atoms with Crippen molar-refractivity contribution in [3.8, 4) is 5.75 Å². The van der Waals surface area contributed by atoms with E-state index in [0.29, 0.717) is 18.0 Å². The maximum Gasteiger partial charge on any atom is 0.264 e. The molecular formula is C37H43N3O5S. The van der Waals surface area contributed by atoms with Crippen LogP contribution in [-0.2, 0) is 32.6 Å². The largest absolute Gasteiger partial charge is 0.494 e. The number of carbonyl (C=O) groups is 2. The van der Waals surface area contributed by atoms with Crippen molar-refractivity contribution in [2.45, 2.75) is 64.6 Å². The second-order valence-electron chi connectivity index (χ2n) is 11.6. The van der Waals surface area contributed by atoms with Crippen molar-refractivity contribution < 1.29 is 22.7 Å². The summed E-state index contributed by atoms with van der Waals surface area (Å²) in [6.07, 6.45) is 0.257. The topological polar surface area (TPSA) is 96.0 Å². The fourth-order valence-electron chi connectivity index (χ4n) is 5.18. The second kappa shape index (κ2) is 15.6. The Labute approximate surface area is 273 Å². The van der Waals surface area contributed by atoms with E-state index < -0.39 is 28.5 Å². The predicted octanol–water partition coefficient (Wildman–Crippen LogP) is 6.06. The van der Waals surface area contributed by atoms with Crippen LogP contribution in [0.5, 0.6) is 5.75 Å². The van der Waals surface area contributed by atoms with Crippen LogP contribution in [0.3, 0.4) is 0 Å². The molecule has 0 aromatic heterocycles. The minimum Gasteiger partial charge on any atom is -0.494 e. The maximum absolute atomic E-state index is 14.5. The Morgan fingerprint density at radius 2 is 1.46 bits per heavy atom. The molecule has 0 bridgehead atoms. The molecule has 4 rings (SSSR count). The Balaban J connectivity index is 1.79. The van der Waals surface area contributed by atoms with Gasteiger partial charge in [0.15, 0.2) is 0 Å². The zero-order chi connectivity index (χ0) is 33.3. The predicted molar refractivity (Wildman–Crippen MR) is 182 cm³/mol. The average Bonchev–Trinajstić information content (AvgIpc) is 3.02. The number of anilines is 1. The van der Waals surface area contributed by atoms with Crippen LogP contribution >= 0.6 is 0 Å². The molecule has 0 spiro atoms. The standard InChI is InChI=1S/C37H43N3O5S/c1-6-45-33-19-21-34(22-20-33)46(43,44)40(32-17-15-28(4)16-18-32)26-36(41)39(25-31-14-10-11-29(5)23-31)35(37(42)38-27(2)3)24-30-12-8-7-9-13-30/h7-23,27,35H,6,24-26H2,1-5H3,(H,38,42)/t35-/m1/s1. The lowest BCUT2D eigenvalue weighted by molar-refractivity contribution is -0.140. The summed E-state index contributed by atoms with van der Waals surface area (Å²) >= 11 is 0. The number of carbonyl (C=O) groups excluding carboxylic acids is 2. The highest BCUT2D eigenvalue weighted by Gasteiger charge is 2.35. The van der Waals surface area contributed by atoms with Crippen molar-refractivity contribution in [1.29, 1.82) is 0 Å². The molecule has 242 valence electrons. The highest BCUT2D eigenvalue weighted by molar-refractivity contribution is 7.92. The van der Waals surface area contributed by atoms with Crippen molar-refractivity contribution >= 4 is 27.5 Å². The monoisotopic (exact) mass is 641 g/mol. The van der Waals surface area contributed by atoms with Crippen LogP contribution in [-0.4, -0.2) is 50.4 Å². The number of amides is 2. The van der Waals surface area contributed by atoms with E-state index in [-0.39, 0.29) is 29.8 Å². The molecule has 4 aromatic carbocycles. The van der Waals surface area contributed by atoms with Gasteiger partial charge < -0.3 is 15.0 Å². The van der Waals surface area contributed by atoms with Gasteiger partial charge in [-0.1, -0.05) is 77.9 Å². The SMILES string of the molecule is CCOc1ccc(S(=O)(=O)N(CC(=O)N(Cc2cccc(C)c2)[C@H](Cc2ccccc2)C(=O)NC(C)C)c2ccc(C)cc2)cc1. The van der Waals surface area contributed by atoms with Gasteiger partial charge in [-0.2, -0.15) is 0 Å². The van der Waals surface area contributed by atoms with Crippen molar-refractivity contribution in [3.05, 3.63) is 125 Å². The summed E-state index contributed by atoms with van der Waals surface area (Å²) in [5.74, 6) is -0.267. The fraction of sp³-hybridized carbons (Fsp3) is 0.297. The van der Waals surface area contributed by atoms with Crippen LogP contribution in [0.4, 0.5) is 5.69 Å². The van der Waals surface area contributed by atoms with Crippen molar-refractivity contribution in [1.82, 2.24) is 10.2 Å². The molecule has 1 atom stereocenters. The van der Waals surface area contributed by atoms with Crippen LogP contribution in [0, 0.1) is 13.8 Å². The molecule has 46 heavy (non-hydrogen) atoms. The molecule has 8 nitrogen and oxygen atoms in total. The number of nitrogens with zero attached hydrogens (tertiary/aromatic N) is 2. The van der Waals surface area contributed by atoms with Crippen LogP contribution < -0.4 is 14.4 Å². The first-order chi connectivity index (χ1) is 22.0. The zero-order valence-electron chi connectivity index (χ0n) is 27.1. The number of rotatable bonds is 14. The van der Waals surface area contributed by atoms with Gasteiger partial charge in [0, 0.05) is 19.0 Å². The van der Waals surface area contributed by atoms with E-state index in [1.54, 1.807) is 36.4 Å². The van der Waals surface area contributed by atoms with Gasteiger partial charge in [-0.05, 0) is 82.1 Å². The number of aryl methyl sites for hydroxylation is 2. The third kappa shape index (κ3) is 8.97. The summed E-state index contributed by atoms with van der Waals surface area (Å²) in [4.78, 5) is 29.9. The molecule has 1 N–H and O–H groups in total. The van der Waals surface area contributed by atoms with Gasteiger partial charge in [0.05, 0.1) is 17.2 Å². The number of hydrogen-bond acceptors (Lipinski definition) is 5. The first-order valence-corrected chi connectivity index (χ1v) is 16.9. The summed E-state index contributed by atoms with van der Waals surface area (Å²) in [6, 6.07) is 29.3. The fourth-order valence-corrected chi connectivity index (χ4v) is 6.60. The summed E-state index contributed by atoms with van der Waals surface area (Å²) in [6.45, 7) is 9.51. The maximum atomic E-state index is 14.5. The van der Waals surface area contributed by atoms with E-state index in [1.165, 1.54) is 17.0 Å². The molecule has 0 aliphatic carbocycles. The summed E-state index contributed by atoms with van der Waals surface area (Å²) in [5, 5.41) is 2.98. The quantitative estimate of drug-likeness (QED) is 0.181. The van der Waals surface area contributed by atoms with Crippen molar-refractivity contribution in [3.63, 3.8) is 0 Å². The molecule has 0 saturated heterocycles. The van der Waals surface area contributed by atoms with E-state index in [1.807, 2.05) is 89.2 Å². The van der Waals surface area contributed by atoms with Crippen LogP contribution in [0.1, 0.15) is 43.0 Å². The van der Waals surface area contributed by atoms with Gasteiger partial charge in [-0.3, -0.25) is 13.9 Å². The number of benzene rings is 4. The second-order valence-corrected chi connectivity index (χ2v) is 13.5. The summed E-state index contributed by atoms with van der Waals surface area (Å²) in [5.41, 5.74) is 4.01. The molecule has 0 unspecified atom stereocenters. The highest BCUT2D eigenvalue weighted by atomic mass is 32.2. The Morgan fingerprint density at radius 3 is 2.07 bits per heavy atom. The van der Waals surface area contributed by atoms with Gasteiger partial charge in [0.2, 0.25) is 11.8 Å². The number of nitrogens with one attached hydrogen (secondary N) is 1. The molecule has 0 aliphatic heterocycles. The third-order valence-electron chi connectivity index (χ3n) is 7.46. The first kappa shape index (κ1) is 34.2. The first-order valence-electron chi connectivity index (χ1n) is 15.5. The Morgan fingerprint density at radius 1 is 0.804 bits per heavy atom. The van der Waals surface area contributed by atoms with Crippen molar-refractivity contribution in [2.75, 3.05) is 17.5 Å². The third-order valence-corrected chi connectivity index (χ3v) is 9.25. The Kier molecular flexibility index (Phi) is 11.6. The molecule has 9 heteroatoms. The van der Waals surface area contributed by atoms with E-state index in [9.17, 15) is 18.0 Å². The molecule has 0 aliphatic rings. The minimum atomic E-state index is -4.20. The molecule has 0 heterocycles. The normalized spacial score (nSPS) is 12.0. The Bertz CT molecular complexity index is 1710. The molecule has 0 radical (unpaired) electrons. The van der Waals surface area contributed by atoms with E-state index in [4.69, 9.17) is 4.74 Å². The smallest absolute Gasteiger partial charge is 0.264 e. The van der Waals surface area contributed by atoms with E-state index in [0.717, 1.165) is 26.6 Å². The van der Waals surface area contributed by atoms with Gasteiger partial charge in [0.1, 0.15) is 18.3 Å². The van der Waals surface area contributed by atoms with E-state index >= 15 is 0 Å². The van der Waals surface area contributed by atoms with Crippen LogP contribution in [0.25, 0.3) is 0 Å². The molecular weight excluding hydrogens is 598 g/mol. The van der Waals surface area contributed by atoms with E-state index in [2.05, 4.69) is 5.32 Å². The van der Waals surface area contributed by atoms with Gasteiger partial charge >= 0.3 is 0 Å². The lowest BCUT2D eigenvalue weighted by Crippen LogP contribution is -2.54. The average molecular weight is 642 g/mol. The molecule has 0 fully saturated rings. The lowest BCUT2D eigenvalue weighted by atomic mass is 10.0. The van der Waals surface area contributed by atoms with Gasteiger partial charge in [-0.25, -0.2) is 8.42 Å². The number of ether oxygens (including phenoxy) is 1. The summed E-state index contributed by atoms with van der Waals surface area (Å²) < 4.78 is 35.1. The minimum absolute atomic E-state index is 0.0212.